The molecular formula is C9H15NO3. The van der Waals surface area contributed by atoms with Crippen molar-refractivity contribution in [2.45, 2.75) is 32.9 Å². The van der Waals surface area contributed by atoms with Gasteiger partial charge >= 0.3 is 0 Å². The van der Waals surface area contributed by atoms with Gasteiger partial charge in [0.1, 0.15) is 12.0 Å². The third-order valence-corrected chi connectivity index (χ3v) is 2.33. The molecule has 1 aliphatic rings. The molecule has 2 unspecified atom stereocenters. The average Bonchev–Trinajstić information content (AvgIpc) is 2.24. The summed E-state index contributed by atoms with van der Waals surface area (Å²) >= 11 is 0. The summed E-state index contributed by atoms with van der Waals surface area (Å²) in [5.41, 5.74) is 0. The Balaban J connectivity index is 2.49. The van der Waals surface area contributed by atoms with E-state index in [1.54, 1.807) is 6.92 Å². The van der Waals surface area contributed by atoms with Gasteiger partial charge in [0.05, 0.1) is 0 Å². The minimum Gasteiger partial charge on any atom is -0.373 e. The minimum atomic E-state index is -0.693. The fraction of sp³-hybridized carbons (Fsp3) is 0.778. The number of ketones is 1. The summed E-state index contributed by atoms with van der Waals surface area (Å²) in [6.07, 6.45) is 0.119. The summed E-state index contributed by atoms with van der Waals surface area (Å²) in [5, 5.41) is 9.44. The van der Waals surface area contributed by atoms with E-state index in [1.165, 1.54) is 11.8 Å². The van der Waals surface area contributed by atoms with Crippen LogP contribution in [0.4, 0.5) is 0 Å². The first-order chi connectivity index (χ1) is 6.02. The number of hydrogen-bond acceptors (Lipinski definition) is 3. The van der Waals surface area contributed by atoms with Crippen LogP contribution in [0.25, 0.3) is 0 Å². The lowest BCUT2D eigenvalue weighted by Gasteiger charge is -2.19. The van der Waals surface area contributed by atoms with Crippen LogP contribution in [0.5, 0.6) is 0 Å². The number of amides is 1. The lowest BCUT2D eigenvalue weighted by molar-refractivity contribution is -0.135. The predicted octanol–water partition coefficient (Wildman–Crippen LogP) is 0.152. The van der Waals surface area contributed by atoms with Crippen molar-refractivity contribution in [2.24, 2.45) is 5.92 Å². The van der Waals surface area contributed by atoms with Crippen LogP contribution < -0.4 is 0 Å². The summed E-state index contributed by atoms with van der Waals surface area (Å²) < 4.78 is 0. The number of hydrogen-bond donors (Lipinski definition) is 1. The Morgan fingerprint density at radius 1 is 1.69 bits per heavy atom. The van der Waals surface area contributed by atoms with Gasteiger partial charge in [-0.1, -0.05) is 6.92 Å². The van der Waals surface area contributed by atoms with Crippen molar-refractivity contribution in [3.63, 3.8) is 0 Å². The van der Waals surface area contributed by atoms with Gasteiger partial charge in [-0.25, -0.2) is 0 Å². The van der Waals surface area contributed by atoms with Crippen LogP contribution in [0, 0.1) is 5.92 Å². The summed E-state index contributed by atoms with van der Waals surface area (Å²) in [6.45, 7) is 3.62. The van der Waals surface area contributed by atoms with Crippen LogP contribution in [0.1, 0.15) is 26.7 Å². The summed E-state index contributed by atoms with van der Waals surface area (Å²) in [6, 6.07) is 0. The maximum Gasteiger partial charge on any atom is 0.227 e. The molecule has 0 aromatic carbocycles. The molecule has 13 heavy (non-hydrogen) atoms. The van der Waals surface area contributed by atoms with E-state index in [0.29, 0.717) is 19.4 Å². The number of aliphatic hydroxyl groups excluding tert-OH is 1. The van der Waals surface area contributed by atoms with E-state index in [9.17, 15) is 14.7 Å². The quantitative estimate of drug-likeness (QED) is 0.681. The molecule has 0 aromatic heterocycles. The molecule has 1 heterocycles. The molecule has 1 rings (SSSR count). The standard InChI is InChI=1S/C9H15NO3/c1-6-5-8(12)10(9(6)13)4-3-7(2)11/h6,8,12H,3-5H2,1-2H3. The molecular weight excluding hydrogens is 170 g/mol. The predicted molar refractivity (Wildman–Crippen MR) is 46.8 cm³/mol. The van der Waals surface area contributed by atoms with Crippen LogP contribution >= 0.6 is 0 Å². The van der Waals surface area contributed by atoms with Crippen molar-refractivity contribution in [1.29, 1.82) is 0 Å². The Bertz CT molecular complexity index is 227. The molecule has 0 radical (unpaired) electrons. The lowest BCUT2D eigenvalue weighted by Crippen LogP contribution is -2.35. The van der Waals surface area contributed by atoms with Crippen molar-refractivity contribution in [3.8, 4) is 0 Å². The van der Waals surface area contributed by atoms with E-state index >= 15 is 0 Å². The first-order valence-electron chi connectivity index (χ1n) is 4.50. The van der Waals surface area contributed by atoms with Gasteiger partial charge in [0.25, 0.3) is 0 Å². The monoisotopic (exact) mass is 185 g/mol. The Morgan fingerprint density at radius 2 is 2.31 bits per heavy atom. The van der Waals surface area contributed by atoms with Crippen molar-refractivity contribution in [1.82, 2.24) is 4.90 Å². The molecule has 1 saturated heterocycles. The number of nitrogens with zero attached hydrogens (tertiary/aromatic N) is 1. The van der Waals surface area contributed by atoms with Crippen LogP contribution in [-0.4, -0.2) is 34.5 Å². The second kappa shape index (κ2) is 3.87. The molecule has 0 bridgehead atoms. The normalized spacial score (nSPS) is 28.2. The zero-order valence-corrected chi connectivity index (χ0v) is 7.99. The van der Waals surface area contributed by atoms with Gasteiger partial charge in [-0.15, -0.1) is 0 Å². The Labute approximate surface area is 77.5 Å². The number of carbonyl (C=O) groups is 2. The molecule has 1 amide bonds. The van der Waals surface area contributed by atoms with Gasteiger partial charge in [0.15, 0.2) is 0 Å². The topological polar surface area (TPSA) is 57.6 Å². The Hall–Kier alpha value is -0.900. The van der Waals surface area contributed by atoms with E-state index in [0.717, 1.165) is 0 Å². The summed E-state index contributed by atoms with van der Waals surface area (Å²) in [5.74, 6) is -0.115. The van der Waals surface area contributed by atoms with Crippen LogP contribution in [0.3, 0.4) is 0 Å². The van der Waals surface area contributed by atoms with E-state index in [2.05, 4.69) is 0 Å². The number of likely N-dealkylation sites (tertiary alicyclic amines) is 1. The lowest BCUT2D eigenvalue weighted by atomic mass is 10.1. The maximum atomic E-state index is 11.4. The second-order valence-corrected chi connectivity index (χ2v) is 3.60. The second-order valence-electron chi connectivity index (χ2n) is 3.60. The summed E-state index contributed by atoms with van der Waals surface area (Å²) in [4.78, 5) is 23.4. The van der Waals surface area contributed by atoms with Gasteiger partial charge in [0.2, 0.25) is 5.91 Å². The molecule has 4 nitrogen and oxygen atoms in total. The highest BCUT2D eigenvalue weighted by molar-refractivity contribution is 5.82. The highest BCUT2D eigenvalue weighted by Gasteiger charge is 2.35. The molecule has 1 N–H and O–H groups in total. The first-order valence-corrected chi connectivity index (χ1v) is 4.50. The van der Waals surface area contributed by atoms with Crippen LogP contribution in [0.15, 0.2) is 0 Å². The molecule has 1 fully saturated rings. The van der Waals surface area contributed by atoms with E-state index < -0.39 is 6.23 Å². The highest BCUT2D eigenvalue weighted by atomic mass is 16.3. The van der Waals surface area contributed by atoms with Crippen molar-refractivity contribution >= 4 is 11.7 Å². The SMILES string of the molecule is CC(=O)CCN1C(=O)C(C)CC1O. The smallest absolute Gasteiger partial charge is 0.227 e. The third-order valence-electron chi connectivity index (χ3n) is 2.33. The van der Waals surface area contributed by atoms with Gasteiger partial charge in [-0.05, 0) is 6.92 Å². The molecule has 0 aromatic rings. The minimum absolute atomic E-state index is 0.0413. The maximum absolute atomic E-state index is 11.4. The third kappa shape index (κ3) is 2.28. The first kappa shape index (κ1) is 10.2. The van der Waals surface area contributed by atoms with Gasteiger partial charge in [-0.2, -0.15) is 0 Å². The Kier molecular flexibility index (Phi) is 3.03. The number of rotatable bonds is 3. The van der Waals surface area contributed by atoms with Crippen LogP contribution in [-0.2, 0) is 9.59 Å². The molecule has 4 heteroatoms. The summed E-state index contributed by atoms with van der Waals surface area (Å²) in [7, 11) is 0. The molecule has 0 aliphatic carbocycles. The van der Waals surface area contributed by atoms with Gasteiger partial charge < -0.3 is 10.0 Å². The van der Waals surface area contributed by atoms with E-state index in [4.69, 9.17) is 0 Å². The van der Waals surface area contributed by atoms with E-state index in [-0.39, 0.29) is 17.6 Å². The van der Waals surface area contributed by atoms with E-state index in [1.807, 2.05) is 0 Å². The largest absolute Gasteiger partial charge is 0.373 e. The van der Waals surface area contributed by atoms with Gasteiger partial charge in [0, 0.05) is 25.3 Å². The number of Topliss-reactive ketones (excluding diaryl/α,β-unsaturated/α-hetero) is 1. The zero-order chi connectivity index (χ0) is 10.0. The molecule has 2 atom stereocenters. The molecule has 0 spiro atoms. The van der Waals surface area contributed by atoms with Crippen molar-refractivity contribution in [3.05, 3.63) is 0 Å². The number of carbonyl (C=O) groups excluding carboxylic acids is 2. The fourth-order valence-corrected chi connectivity index (χ4v) is 1.51. The molecule has 0 saturated carbocycles. The Morgan fingerprint density at radius 3 is 2.69 bits per heavy atom. The fourth-order valence-electron chi connectivity index (χ4n) is 1.51. The molecule has 74 valence electrons. The molecule has 1 aliphatic heterocycles. The van der Waals surface area contributed by atoms with Crippen LogP contribution in [0.2, 0.25) is 0 Å². The highest BCUT2D eigenvalue weighted by Crippen LogP contribution is 2.22. The van der Waals surface area contributed by atoms with Gasteiger partial charge in [-0.3, -0.25) is 9.59 Å². The average molecular weight is 185 g/mol. The number of aliphatic hydroxyl groups is 1. The van der Waals surface area contributed by atoms with Crippen molar-refractivity contribution < 1.29 is 14.7 Å². The zero-order valence-electron chi connectivity index (χ0n) is 7.99. The van der Waals surface area contributed by atoms with Crippen molar-refractivity contribution in [2.75, 3.05) is 6.54 Å².